The number of benzene rings is 1. The van der Waals surface area contributed by atoms with E-state index < -0.39 is 17.9 Å². The zero-order valence-corrected chi connectivity index (χ0v) is 13.3. The lowest BCUT2D eigenvalue weighted by atomic mass is 9.97. The molecule has 0 bridgehead atoms. The van der Waals surface area contributed by atoms with E-state index in [-0.39, 0.29) is 19.0 Å². The highest BCUT2D eigenvalue weighted by molar-refractivity contribution is 5.73. The first-order chi connectivity index (χ1) is 11.1. The van der Waals surface area contributed by atoms with Gasteiger partial charge in [0.1, 0.15) is 6.61 Å². The second-order valence-corrected chi connectivity index (χ2v) is 5.12. The van der Waals surface area contributed by atoms with Gasteiger partial charge < -0.3 is 9.47 Å². The fourth-order valence-electron chi connectivity index (χ4n) is 2.05. The molecule has 0 saturated carbocycles. The highest BCUT2D eigenvalue weighted by atomic mass is 16.5. The van der Waals surface area contributed by atoms with Gasteiger partial charge in [0.2, 0.25) is 0 Å². The zero-order chi connectivity index (χ0) is 17.1. The van der Waals surface area contributed by atoms with Gasteiger partial charge in [-0.2, -0.15) is 0 Å². The van der Waals surface area contributed by atoms with Crippen LogP contribution in [0.25, 0.3) is 10.4 Å². The van der Waals surface area contributed by atoms with Gasteiger partial charge in [0.25, 0.3) is 0 Å². The Bertz CT molecular complexity index is 556. The summed E-state index contributed by atoms with van der Waals surface area (Å²) in [5.74, 6) is -1.33. The highest BCUT2D eigenvalue weighted by Gasteiger charge is 2.24. The van der Waals surface area contributed by atoms with Crippen molar-refractivity contribution in [1.29, 1.82) is 0 Å². The van der Waals surface area contributed by atoms with Gasteiger partial charge in [0.15, 0.2) is 0 Å². The van der Waals surface area contributed by atoms with Crippen LogP contribution < -0.4 is 0 Å². The quantitative estimate of drug-likeness (QED) is 0.301. The molecule has 7 heteroatoms. The number of azide groups is 1. The molecule has 1 aromatic carbocycles. The second-order valence-electron chi connectivity index (χ2n) is 5.12. The maximum absolute atomic E-state index is 12.1. The van der Waals surface area contributed by atoms with Crippen LogP contribution in [0.2, 0.25) is 0 Å². The van der Waals surface area contributed by atoms with Crippen molar-refractivity contribution in [3.8, 4) is 0 Å². The number of esters is 2. The summed E-state index contributed by atoms with van der Waals surface area (Å²) in [6.45, 7) is 1.83. The molecule has 7 nitrogen and oxygen atoms in total. The number of ether oxygens (including phenoxy) is 2. The van der Waals surface area contributed by atoms with Crippen molar-refractivity contribution in [2.45, 2.75) is 38.8 Å². The van der Waals surface area contributed by atoms with E-state index in [0.29, 0.717) is 12.8 Å². The van der Waals surface area contributed by atoms with Crippen LogP contribution in [-0.2, 0) is 25.7 Å². The molecular weight excluding hydrogens is 298 g/mol. The summed E-state index contributed by atoms with van der Waals surface area (Å²) >= 11 is 0. The van der Waals surface area contributed by atoms with E-state index in [1.165, 1.54) is 7.11 Å². The Morgan fingerprint density at radius 1 is 1.30 bits per heavy atom. The molecule has 0 N–H and O–H groups in total. The molecule has 1 rings (SSSR count). The lowest BCUT2D eigenvalue weighted by Crippen LogP contribution is -2.26. The average molecular weight is 319 g/mol. The summed E-state index contributed by atoms with van der Waals surface area (Å²) in [4.78, 5) is 26.0. The molecule has 0 aliphatic rings. The third-order valence-corrected chi connectivity index (χ3v) is 3.48. The molecule has 0 saturated heterocycles. The van der Waals surface area contributed by atoms with Gasteiger partial charge >= 0.3 is 11.9 Å². The van der Waals surface area contributed by atoms with Crippen LogP contribution >= 0.6 is 0 Å². The molecule has 0 radical (unpaired) electrons. The minimum Gasteiger partial charge on any atom is -0.469 e. The van der Waals surface area contributed by atoms with Crippen LogP contribution in [0.15, 0.2) is 35.4 Å². The van der Waals surface area contributed by atoms with Crippen LogP contribution in [0, 0.1) is 5.92 Å². The molecule has 0 aliphatic heterocycles. The molecule has 0 aliphatic carbocycles. The van der Waals surface area contributed by atoms with Gasteiger partial charge in [-0.3, -0.25) is 9.59 Å². The van der Waals surface area contributed by atoms with Gasteiger partial charge in [0, 0.05) is 11.3 Å². The molecule has 0 fully saturated rings. The molecule has 0 aromatic heterocycles. The number of carbonyl (C=O) groups excluding carboxylic acids is 2. The van der Waals surface area contributed by atoms with Crippen molar-refractivity contribution in [3.63, 3.8) is 0 Å². The van der Waals surface area contributed by atoms with Gasteiger partial charge in [0.05, 0.1) is 19.1 Å². The van der Waals surface area contributed by atoms with E-state index in [4.69, 9.17) is 10.3 Å². The molecular formula is C16H21N3O4. The van der Waals surface area contributed by atoms with Crippen molar-refractivity contribution in [2.24, 2.45) is 11.0 Å². The first-order valence-corrected chi connectivity index (χ1v) is 7.40. The lowest BCUT2D eigenvalue weighted by molar-refractivity contribution is -0.150. The maximum atomic E-state index is 12.1. The molecule has 23 heavy (non-hydrogen) atoms. The molecule has 1 aromatic rings. The van der Waals surface area contributed by atoms with Crippen molar-refractivity contribution in [3.05, 3.63) is 46.3 Å². The average Bonchev–Trinajstić information content (AvgIpc) is 2.58. The molecule has 0 unspecified atom stereocenters. The summed E-state index contributed by atoms with van der Waals surface area (Å²) < 4.78 is 9.81. The standard InChI is InChI=1S/C16H21N3O4/c1-12(14(18-19-17)9-6-10-15(20)22-2)16(21)23-11-13-7-4-3-5-8-13/h3-5,7-8,12,14H,6,9-11H2,1-2H3/t12-,14-/m0/s1. The van der Waals surface area contributed by atoms with Gasteiger partial charge in [-0.05, 0) is 23.9 Å². The van der Waals surface area contributed by atoms with Gasteiger partial charge in [-0.25, -0.2) is 0 Å². The number of hydrogen-bond donors (Lipinski definition) is 0. The Hall–Kier alpha value is -2.53. The first-order valence-electron chi connectivity index (χ1n) is 7.40. The van der Waals surface area contributed by atoms with Crippen LogP contribution in [0.5, 0.6) is 0 Å². The molecule has 0 amide bonds. The molecule has 0 spiro atoms. The summed E-state index contributed by atoms with van der Waals surface area (Å²) in [7, 11) is 1.32. The Kier molecular flexibility index (Phi) is 8.24. The maximum Gasteiger partial charge on any atom is 0.309 e. The van der Waals surface area contributed by atoms with Crippen LogP contribution in [0.1, 0.15) is 31.7 Å². The van der Waals surface area contributed by atoms with Gasteiger partial charge in [-0.1, -0.05) is 42.4 Å². The monoisotopic (exact) mass is 319 g/mol. The van der Waals surface area contributed by atoms with E-state index >= 15 is 0 Å². The highest BCUT2D eigenvalue weighted by Crippen LogP contribution is 2.17. The fraction of sp³-hybridized carbons (Fsp3) is 0.500. The number of rotatable bonds is 9. The molecule has 0 heterocycles. The Balaban J connectivity index is 2.51. The first kappa shape index (κ1) is 18.5. The minimum absolute atomic E-state index is 0.176. The normalized spacial score (nSPS) is 12.6. The predicted molar refractivity (Wildman–Crippen MR) is 84.2 cm³/mol. The van der Waals surface area contributed by atoms with E-state index in [0.717, 1.165) is 5.56 Å². The van der Waals surface area contributed by atoms with E-state index in [2.05, 4.69) is 14.8 Å². The third kappa shape index (κ3) is 6.84. The summed E-state index contributed by atoms with van der Waals surface area (Å²) in [6.07, 6.45) is 1.12. The SMILES string of the molecule is COC(=O)CCC[C@H](N=[N+]=[N-])[C@H](C)C(=O)OCc1ccccc1. The largest absolute Gasteiger partial charge is 0.469 e. The third-order valence-electron chi connectivity index (χ3n) is 3.48. The summed E-state index contributed by atoms with van der Waals surface area (Å²) in [5, 5.41) is 3.65. The smallest absolute Gasteiger partial charge is 0.309 e. The predicted octanol–water partition coefficient (Wildman–Crippen LogP) is 3.39. The van der Waals surface area contributed by atoms with E-state index in [9.17, 15) is 9.59 Å². The van der Waals surface area contributed by atoms with Crippen molar-refractivity contribution < 1.29 is 19.1 Å². The topological polar surface area (TPSA) is 101 Å². The number of methoxy groups -OCH3 is 1. The van der Waals surface area contributed by atoms with Crippen molar-refractivity contribution in [1.82, 2.24) is 0 Å². The number of nitrogens with zero attached hydrogens (tertiary/aromatic N) is 3. The van der Waals surface area contributed by atoms with Crippen LogP contribution in [-0.4, -0.2) is 25.1 Å². The van der Waals surface area contributed by atoms with Crippen molar-refractivity contribution >= 4 is 11.9 Å². The summed E-state index contributed by atoms with van der Waals surface area (Å²) in [5.41, 5.74) is 9.53. The zero-order valence-electron chi connectivity index (χ0n) is 13.3. The number of carbonyl (C=O) groups is 2. The minimum atomic E-state index is -0.577. The van der Waals surface area contributed by atoms with Crippen molar-refractivity contribution in [2.75, 3.05) is 7.11 Å². The Morgan fingerprint density at radius 3 is 2.61 bits per heavy atom. The summed E-state index contributed by atoms with van der Waals surface area (Å²) in [6, 6.07) is 8.78. The van der Waals surface area contributed by atoms with Gasteiger partial charge in [-0.15, -0.1) is 0 Å². The lowest BCUT2D eigenvalue weighted by Gasteiger charge is -2.18. The molecule has 2 atom stereocenters. The van der Waals surface area contributed by atoms with Crippen LogP contribution in [0.4, 0.5) is 0 Å². The Labute approximate surface area is 135 Å². The van der Waals surface area contributed by atoms with E-state index in [1.807, 2.05) is 30.3 Å². The second kappa shape index (κ2) is 10.2. The van der Waals surface area contributed by atoms with E-state index in [1.54, 1.807) is 6.92 Å². The Morgan fingerprint density at radius 2 is 2.00 bits per heavy atom. The number of hydrogen-bond acceptors (Lipinski definition) is 5. The van der Waals surface area contributed by atoms with Crippen LogP contribution in [0.3, 0.4) is 0 Å². The fourth-order valence-corrected chi connectivity index (χ4v) is 2.05. The molecule has 124 valence electrons.